The van der Waals surface area contributed by atoms with Crippen molar-refractivity contribution in [2.75, 3.05) is 29.1 Å². The zero-order valence-corrected chi connectivity index (χ0v) is 30.9. The van der Waals surface area contributed by atoms with Crippen LogP contribution in [0.2, 0.25) is 0 Å². The molecule has 3 aliphatic rings. The molecule has 1 N–H and O–H groups in total. The highest BCUT2D eigenvalue weighted by molar-refractivity contribution is 7.99. The molecule has 2 fully saturated rings. The van der Waals surface area contributed by atoms with E-state index in [4.69, 9.17) is 28.6 Å². The van der Waals surface area contributed by atoms with E-state index in [0.717, 1.165) is 18.9 Å². The summed E-state index contributed by atoms with van der Waals surface area (Å²) in [6.07, 6.45) is 0.364. The molecule has 2 atom stereocenters. The predicted octanol–water partition coefficient (Wildman–Crippen LogP) is 8.27. The largest absolute Gasteiger partial charge is 0.444 e. The maximum atomic E-state index is 17.4. The highest BCUT2D eigenvalue weighted by atomic mass is 32.2. The Bertz CT molecular complexity index is 2160. The van der Waals surface area contributed by atoms with Crippen LogP contribution in [0.3, 0.4) is 0 Å². The average Bonchev–Trinajstić information content (AvgIpc) is 3.74. The van der Waals surface area contributed by atoms with Gasteiger partial charge in [0.15, 0.2) is 22.4 Å². The van der Waals surface area contributed by atoms with Crippen LogP contribution in [0.4, 0.5) is 30.1 Å². The monoisotopic (exact) mass is 734 g/mol. The number of aromatic nitrogens is 2. The molecule has 5 heterocycles. The van der Waals surface area contributed by atoms with Gasteiger partial charge >= 0.3 is 12.2 Å². The molecule has 3 aliphatic heterocycles. The van der Waals surface area contributed by atoms with Crippen molar-refractivity contribution in [3.8, 4) is 17.2 Å². The van der Waals surface area contributed by atoms with Crippen molar-refractivity contribution in [1.82, 2.24) is 14.9 Å². The molecular formula is C37H40F2N6O6S. The molecule has 2 amide bonds. The Morgan fingerprint density at radius 1 is 1.02 bits per heavy atom. The van der Waals surface area contributed by atoms with E-state index in [2.05, 4.69) is 10.2 Å². The summed E-state index contributed by atoms with van der Waals surface area (Å²) in [4.78, 5) is 39.4. The number of nitrogens with one attached hydrogen (secondary N) is 1. The fourth-order valence-corrected chi connectivity index (χ4v) is 7.91. The van der Waals surface area contributed by atoms with E-state index in [-0.39, 0.29) is 70.5 Å². The number of carbonyl (C=O) groups is 2. The molecule has 52 heavy (non-hydrogen) atoms. The number of hydrogen-bond donors (Lipinski definition) is 1. The average molecular weight is 735 g/mol. The second kappa shape index (κ2) is 13.1. The van der Waals surface area contributed by atoms with Crippen LogP contribution in [0, 0.1) is 23.0 Å². The first kappa shape index (κ1) is 35.7. The lowest BCUT2D eigenvalue weighted by atomic mass is 9.90. The van der Waals surface area contributed by atoms with Gasteiger partial charge in [-0.05, 0) is 82.9 Å². The smallest absolute Gasteiger partial charge is 0.414 e. The summed E-state index contributed by atoms with van der Waals surface area (Å²) >= 11 is 1.38. The van der Waals surface area contributed by atoms with Crippen molar-refractivity contribution in [2.24, 2.45) is 0 Å². The Morgan fingerprint density at radius 2 is 1.69 bits per heavy atom. The number of fused-ring (bicyclic) bond motifs is 6. The minimum Gasteiger partial charge on any atom is -0.444 e. The number of benzene rings is 2. The van der Waals surface area contributed by atoms with Crippen molar-refractivity contribution in [3.63, 3.8) is 0 Å². The number of nitriles is 1. The number of rotatable bonds is 5. The Hall–Kier alpha value is -4.68. The predicted molar refractivity (Wildman–Crippen MR) is 191 cm³/mol. The van der Waals surface area contributed by atoms with Crippen LogP contribution in [-0.2, 0) is 27.4 Å². The molecule has 0 saturated carbocycles. The molecular weight excluding hydrogens is 695 g/mol. The minimum atomic E-state index is -0.901. The quantitative estimate of drug-likeness (QED) is 0.156. The van der Waals surface area contributed by atoms with Gasteiger partial charge in [-0.1, -0.05) is 24.8 Å². The number of carbonyl (C=O) groups excluding carboxylic acids is 2. The van der Waals surface area contributed by atoms with E-state index in [1.807, 2.05) is 33.8 Å². The van der Waals surface area contributed by atoms with Crippen molar-refractivity contribution in [3.05, 3.63) is 40.5 Å². The third kappa shape index (κ3) is 6.36. The van der Waals surface area contributed by atoms with E-state index in [1.165, 1.54) is 17.8 Å². The molecule has 2 bridgehead atoms. The van der Waals surface area contributed by atoms with Gasteiger partial charge in [0.1, 0.15) is 34.2 Å². The number of furan rings is 1. The summed E-state index contributed by atoms with van der Waals surface area (Å²) in [5, 5.41) is 13.6. The molecule has 12 nitrogen and oxygen atoms in total. The lowest BCUT2D eigenvalue weighted by molar-refractivity contribution is 0.0209. The number of piperazine rings is 1. The fraction of sp³-hybridized carbons (Fsp3) is 0.486. The molecule has 2 unspecified atom stereocenters. The van der Waals surface area contributed by atoms with Crippen LogP contribution in [0.5, 0.6) is 0 Å². The number of ether oxygens (including phenoxy) is 3. The molecule has 7 rings (SSSR count). The molecule has 0 radical (unpaired) electrons. The van der Waals surface area contributed by atoms with Crippen LogP contribution >= 0.6 is 11.8 Å². The molecule has 15 heteroatoms. The topological polar surface area (TPSA) is 143 Å². The van der Waals surface area contributed by atoms with Gasteiger partial charge in [0, 0.05) is 30.7 Å². The first-order valence-electron chi connectivity index (χ1n) is 17.3. The lowest BCUT2D eigenvalue weighted by Crippen LogP contribution is -2.56. The van der Waals surface area contributed by atoms with Crippen LogP contribution < -0.4 is 10.2 Å². The molecule has 2 saturated heterocycles. The van der Waals surface area contributed by atoms with Gasteiger partial charge in [0.2, 0.25) is 5.88 Å². The van der Waals surface area contributed by atoms with Gasteiger partial charge in [-0.3, -0.25) is 5.32 Å². The molecule has 274 valence electrons. The Kier molecular flexibility index (Phi) is 8.98. The number of amides is 2. The highest BCUT2D eigenvalue weighted by Crippen LogP contribution is 2.48. The van der Waals surface area contributed by atoms with Gasteiger partial charge < -0.3 is 28.4 Å². The summed E-state index contributed by atoms with van der Waals surface area (Å²) < 4.78 is 55.5. The summed E-state index contributed by atoms with van der Waals surface area (Å²) in [5.41, 5.74) is -0.429. The second-order valence-corrected chi connectivity index (χ2v) is 16.4. The standard InChI is InChI=1S/C37H40F2N6O6S/c1-8-52-33-41-29-27(31(42-33)45-18-9-10-19(45)15-44(14-18)35(47)51-37(5,6)7)23-17-48-16-22(23)25(28(29)39)20-11-12-24(38)30-26(20)21(13-40)32(49-30)43-34(46)50-36(2,3)4/h11-12,18-19H,8-10,14-17H2,1-7H3,(H,43,46). The van der Waals surface area contributed by atoms with Crippen LogP contribution in [-0.4, -0.2) is 69.2 Å². The number of thioether (sulfide) groups is 1. The summed E-state index contributed by atoms with van der Waals surface area (Å²) in [7, 11) is 0. The van der Waals surface area contributed by atoms with Crippen molar-refractivity contribution in [1.29, 1.82) is 5.26 Å². The number of hydrogen-bond acceptors (Lipinski definition) is 11. The maximum absolute atomic E-state index is 17.4. The molecule has 0 aliphatic carbocycles. The van der Waals surface area contributed by atoms with Crippen LogP contribution in [0.1, 0.15) is 78.0 Å². The minimum absolute atomic E-state index is 0.00495. The highest BCUT2D eigenvalue weighted by Gasteiger charge is 2.45. The van der Waals surface area contributed by atoms with Gasteiger partial charge in [0.25, 0.3) is 0 Å². The van der Waals surface area contributed by atoms with Crippen molar-refractivity contribution < 1.29 is 37.0 Å². The van der Waals surface area contributed by atoms with E-state index < -0.39 is 28.9 Å². The molecule has 2 aromatic carbocycles. The molecule has 4 aromatic rings. The maximum Gasteiger partial charge on any atom is 0.414 e. The van der Waals surface area contributed by atoms with E-state index in [0.29, 0.717) is 46.3 Å². The zero-order chi connectivity index (χ0) is 37.3. The van der Waals surface area contributed by atoms with Gasteiger partial charge in [-0.15, -0.1) is 0 Å². The first-order valence-corrected chi connectivity index (χ1v) is 18.2. The van der Waals surface area contributed by atoms with Gasteiger partial charge in [0.05, 0.1) is 24.0 Å². The van der Waals surface area contributed by atoms with E-state index in [1.54, 1.807) is 25.7 Å². The van der Waals surface area contributed by atoms with Crippen molar-refractivity contribution in [2.45, 2.75) is 103 Å². The number of likely N-dealkylation sites (tertiary alicyclic amines) is 1. The SMILES string of the molecule is CCSc1nc(N2C3CCC2CN(C(=O)OC(C)(C)C)C3)c2c3c(c(-c4ccc(F)c5oc(NC(=O)OC(C)(C)C)c(C#N)c45)c(F)c2n1)COC3. The van der Waals surface area contributed by atoms with E-state index >= 15 is 8.78 Å². The number of nitrogens with zero attached hydrogens (tertiary/aromatic N) is 5. The van der Waals surface area contributed by atoms with Gasteiger partial charge in [-0.25, -0.2) is 28.3 Å². The van der Waals surface area contributed by atoms with Gasteiger partial charge in [-0.2, -0.15) is 5.26 Å². The Balaban J connectivity index is 1.39. The molecule has 2 aromatic heterocycles. The second-order valence-electron chi connectivity index (χ2n) is 15.1. The zero-order valence-electron chi connectivity index (χ0n) is 30.1. The number of anilines is 2. The number of halogens is 2. The van der Waals surface area contributed by atoms with Crippen molar-refractivity contribution >= 4 is 57.5 Å². The van der Waals surface area contributed by atoms with Crippen LogP contribution in [0.25, 0.3) is 33.0 Å². The normalized spacial score (nSPS) is 18.5. The van der Waals surface area contributed by atoms with E-state index in [9.17, 15) is 14.9 Å². The lowest BCUT2D eigenvalue weighted by Gasteiger charge is -2.42. The summed E-state index contributed by atoms with van der Waals surface area (Å²) in [5.74, 6) is -0.577. The Labute approximate surface area is 303 Å². The molecule has 0 spiro atoms. The fourth-order valence-electron chi connectivity index (χ4n) is 7.35. The van der Waals surface area contributed by atoms with Crippen LogP contribution in [0.15, 0.2) is 21.7 Å². The first-order chi connectivity index (χ1) is 24.6. The summed E-state index contributed by atoms with van der Waals surface area (Å²) in [6, 6.07) is 4.38. The summed E-state index contributed by atoms with van der Waals surface area (Å²) in [6.45, 7) is 13.5. The third-order valence-electron chi connectivity index (χ3n) is 9.20. The Morgan fingerprint density at radius 3 is 2.33 bits per heavy atom. The third-order valence-corrected chi connectivity index (χ3v) is 9.93.